The van der Waals surface area contributed by atoms with Crippen LogP contribution in [0.3, 0.4) is 0 Å². The van der Waals surface area contributed by atoms with Crippen molar-refractivity contribution in [2.24, 2.45) is 0 Å². The lowest BCUT2D eigenvalue weighted by Gasteiger charge is -2.08. The monoisotopic (exact) mass is 302 g/mol. The molecule has 1 aromatic heterocycles. The third-order valence-corrected chi connectivity index (χ3v) is 2.74. The average molecular weight is 302 g/mol. The minimum atomic E-state index is -0.176. The first-order valence-corrected chi connectivity index (χ1v) is 7.90. The Kier molecular flexibility index (Phi) is 8.50. The van der Waals surface area contributed by atoms with Gasteiger partial charge in [0.2, 0.25) is 0 Å². The van der Waals surface area contributed by atoms with Gasteiger partial charge in [-0.25, -0.2) is 4.79 Å². The Labute approximate surface area is 132 Å². The van der Waals surface area contributed by atoms with Crippen LogP contribution in [0.5, 0.6) is 0 Å². The topological polar surface area (TPSA) is 54.3 Å². The van der Waals surface area contributed by atoms with Crippen molar-refractivity contribution in [1.29, 1.82) is 0 Å². The van der Waals surface area contributed by atoms with Gasteiger partial charge in [0.15, 0.2) is 0 Å². The SMILES string of the molecule is CCC.CCCCNC(=O)Nc1cccc(-c2ccco2)c1. The number of rotatable bonds is 5. The van der Waals surface area contributed by atoms with Gasteiger partial charge in [-0.1, -0.05) is 45.7 Å². The van der Waals surface area contributed by atoms with Crippen molar-refractivity contribution >= 4 is 11.7 Å². The third-order valence-electron chi connectivity index (χ3n) is 2.74. The molecule has 1 aromatic carbocycles. The van der Waals surface area contributed by atoms with Gasteiger partial charge in [-0.2, -0.15) is 0 Å². The van der Waals surface area contributed by atoms with Crippen molar-refractivity contribution in [3.05, 3.63) is 42.7 Å². The molecule has 0 unspecified atom stereocenters. The summed E-state index contributed by atoms with van der Waals surface area (Å²) in [5, 5.41) is 5.62. The third kappa shape index (κ3) is 6.48. The van der Waals surface area contributed by atoms with Crippen LogP contribution in [0.2, 0.25) is 0 Å². The fourth-order valence-electron chi connectivity index (χ4n) is 1.75. The van der Waals surface area contributed by atoms with E-state index in [0.29, 0.717) is 6.54 Å². The first-order chi connectivity index (χ1) is 10.7. The predicted octanol–water partition coefficient (Wildman–Crippen LogP) is 5.28. The second-order valence-corrected chi connectivity index (χ2v) is 5.00. The Morgan fingerprint density at radius 1 is 1.14 bits per heavy atom. The van der Waals surface area contributed by atoms with Gasteiger partial charge in [0, 0.05) is 17.8 Å². The Hall–Kier alpha value is -2.23. The van der Waals surface area contributed by atoms with Gasteiger partial charge in [-0.05, 0) is 30.7 Å². The van der Waals surface area contributed by atoms with Crippen LogP contribution in [-0.4, -0.2) is 12.6 Å². The minimum Gasteiger partial charge on any atom is -0.464 e. The van der Waals surface area contributed by atoms with Crippen LogP contribution in [0.25, 0.3) is 11.3 Å². The Morgan fingerprint density at radius 2 is 1.91 bits per heavy atom. The molecule has 22 heavy (non-hydrogen) atoms. The van der Waals surface area contributed by atoms with E-state index in [1.807, 2.05) is 36.4 Å². The predicted molar refractivity (Wildman–Crippen MR) is 92.0 cm³/mol. The van der Waals surface area contributed by atoms with Crippen LogP contribution < -0.4 is 10.6 Å². The molecule has 4 nitrogen and oxygen atoms in total. The van der Waals surface area contributed by atoms with E-state index in [-0.39, 0.29) is 6.03 Å². The summed E-state index contributed by atoms with van der Waals surface area (Å²) in [6.07, 6.45) is 4.93. The molecule has 0 fully saturated rings. The second kappa shape index (κ2) is 10.5. The summed E-state index contributed by atoms with van der Waals surface area (Å²) < 4.78 is 5.33. The first kappa shape index (κ1) is 17.8. The molecule has 0 aliphatic rings. The Balaban J connectivity index is 0.000000745. The molecule has 0 saturated heterocycles. The number of amides is 2. The van der Waals surface area contributed by atoms with E-state index < -0.39 is 0 Å². The maximum Gasteiger partial charge on any atom is 0.319 e. The van der Waals surface area contributed by atoms with Crippen molar-refractivity contribution in [1.82, 2.24) is 5.32 Å². The molecule has 0 radical (unpaired) electrons. The summed E-state index contributed by atoms with van der Waals surface area (Å²) in [4.78, 5) is 11.6. The Bertz CT molecular complexity index is 536. The largest absolute Gasteiger partial charge is 0.464 e. The van der Waals surface area contributed by atoms with Gasteiger partial charge in [0.1, 0.15) is 5.76 Å². The van der Waals surface area contributed by atoms with Crippen LogP contribution in [0, 0.1) is 0 Å². The minimum absolute atomic E-state index is 0.176. The average Bonchev–Trinajstić information content (AvgIpc) is 3.03. The first-order valence-electron chi connectivity index (χ1n) is 7.90. The molecular weight excluding hydrogens is 276 g/mol. The van der Waals surface area contributed by atoms with Crippen LogP contribution >= 0.6 is 0 Å². The van der Waals surface area contributed by atoms with Crippen molar-refractivity contribution in [2.75, 3.05) is 11.9 Å². The van der Waals surface area contributed by atoms with E-state index in [1.165, 1.54) is 6.42 Å². The molecule has 0 spiro atoms. The number of carbonyl (C=O) groups is 1. The summed E-state index contributed by atoms with van der Waals surface area (Å²) >= 11 is 0. The summed E-state index contributed by atoms with van der Waals surface area (Å²) in [6.45, 7) is 7.03. The number of carbonyl (C=O) groups excluding carboxylic acids is 1. The molecule has 0 atom stereocenters. The molecule has 2 amide bonds. The summed E-state index contributed by atoms with van der Waals surface area (Å²) in [7, 11) is 0. The lowest BCUT2D eigenvalue weighted by atomic mass is 10.1. The van der Waals surface area contributed by atoms with Gasteiger partial charge in [-0.15, -0.1) is 0 Å². The lowest BCUT2D eigenvalue weighted by molar-refractivity contribution is 0.252. The number of hydrogen-bond acceptors (Lipinski definition) is 2. The highest BCUT2D eigenvalue weighted by atomic mass is 16.3. The number of urea groups is 1. The van der Waals surface area contributed by atoms with Gasteiger partial charge in [0.05, 0.1) is 6.26 Å². The summed E-state index contributed by atoms with van der Waals surface area (Å²) in [6, 6.07) is 11.1. The van der Waals surface area contributed by atoms with Crippen molar-refractivity contribution in [2.45, 2.75) is 40.0 Å². The van der Waals surface area contributed by atoms with E-state index in [4.69, 9.17) is 4.42 Å². The zero-order valence-electron chi connectivity index (χ0n) is 13.7. The molecule has 120 valence electrons. The molecule has 0 aliphatic heterocycles. The standard InChI is InChI=1S/C15H18N2O2.C3H8/c1-2-3-9-16-15(18)17-13-7-4-6-12(11-13)14-8-5-10-19-14;1-3-2/h4-8,10-11H,2-3,9H2,1H3,(H2,16,17,18);3H2,1-2H3. The highest BCUT2D eigenvalue weighted by Gasteiger charge is 2.04. The van der Waals surface area contributed by atoms with Crippen molar-refractivity contribution < 1.29 is 9.21 Å². The molecule has 2 N–H and O–H groups in total. The molecule has 2 aromatic rings. The maximum atomic E-state index is 11.6. The van der Waals surface area contributed by atoms with E-state index in [1.54, 1.807) is 6.26 Å². The zero-order valence-corrected chi connectivity index (χ0v) is 13.7. The van der Waals surface area contributed by atoms with Gasteiger partial charge in [0.25, 0.3) is 0 Å². The second-order valence-electron chi connectivity index (χ2n) is 5.00. The smallest absolute Gasteiger partial charge is 0.319 e. The molecule has 0 aliphatic carbocycles. The molecule has 2 rings (SSSR count). The van der Waals surface area contributed by atoms with Gasteiger partial charge < -0.3 is 15.1 Å². The fraction of sp³-hybridized carbons (Fsp3) is 0.389. The number of nitrogens with one attached hydrogen (secondary N) is 2. The van der Waals surface area contributed by atoms with Crippen molar-refractivity contribution in [3.63, 3.8) is 0 Å². The number of furan rings is 1. The fourth-order valence-corrected chi connectivity index (χ4v) is 1.75. The van der Waals surface area contributed by atoms with Crippen LogP contribution in [0.1, 0.15) is 40.0 Å². The molecule has 0 bridgehead atoms. The highest BCUT2D eigenvalue weighted by Crippen LogP contribution is 2.22. The number of benzene rings is 1. The lowest BCUT2D eigenvalue weighted by Crippen LogP contribution is -2.29. The zero-order chi connectivity index (χ0) is 16.2. The normalized spacial score (nSPS) is 9.59. The molecule has 0 saturated carbocycles. The van der Waals surface area contributed by atoms with Crippen LogP contribution in [0.15, 0.2) is 47.1 Å². The van der Waals surface area contributed by atoms with E-state index in [0.717, 1.165) is 29.9 Å². The van der Waals surface area contributed by atoms with Crippen LogP contribution in [-0.2, 0) is 0 Å². The number of anilines is 1. The molecule has 1 heterocycles. The molecular formula is C18H26N2O2. The maximum absolute atomic E-state index is 11.6. The van der Waals surface area contributed by atoms with E-state index in [2.05, 4.69) is 31.4 Å². The van der Waals surface area contributed by atoms with E-state index >= 15 is 0 Å². The summed E-state index contributed by atoms with van der Waals surface area (Å²) in [5.74, 6) is 0.787. The van der Waals surface area contributed by atoms with Gasteiger partial charge in [-0.3, -0.25) is 0 Å². The summed E-state index contributed by atoms with van der Waals surface area (Å²) in [5.41, 5.74) is 1.69. The van der Waals surface area contributed by atoms with Gasteiger partial charge >= 0.3 is 6.03 Å². The number of unbranched alkanes of at least 4 members (excludes halogenated alkanes) is 1. The highest BCUT2D eigenvalue weighted by molar-refractivity contribution is 5.89. The quantitative estimate of drug-likeness (QED) is 0.738. The molecule has 4 heteroatoms. The van der Waals surface area contributed by atoms with Crippen molar-refractivity contribution in [3.8, 4) is 11.3 Å². The Morgan fingerprint density at radius 3 is 2.55 bits per heavy atom. The van der Waals surface area contributed by atoms with E-state index in [9.17, 15) is 4.79 Å². The van der Waals surface area contributed by atoms with Crippen LogP contribution in [0.4, 0.5) is 10.5 Å². The number of hydrogen-bond donors (Lipinski definition) is 2.